The van der Waals surface area contributed by atoms with E-state index in [1.165, 1.54) is 12.2 Å². The summed E-state index contributed by atoms with van der Waals surface area (Å²) >= 11 is 0. The number of rotatable bonds is 3. The molecule has 0 amide bonds. The second kappa shape index (κ2) is 6.17. The first-order valence-electron chi connectivity index (χ1n) is 4.30. The van der Waals surface area contributed by atoms with Crippen molar-refractivity contribution in [2.24, 2.45) is 0 Å². The van der Waals surface area contributed by atoms with Crippen LogP contribution >= 0.6 is 0 Å². The van der Waals surface area contributed by atoms with Crippen LogP contribution in [-0.2, 0) is 9.59 Å². The van der Waals surface area contributed by atoms with E-state index in [0.717, 1.165) is 6.42 Å². The Hall–Kier alpha value is -0.380. The predicted molar refractivity (Wildman–Crippen MR) is 45.7 cm³/mol. The Bertz CT molecular complexity index is 302. The fraction of sp³-hybridized carbons (Fsp3) is 0.400. The Morgan fingerprint density at radius 1 is 1.57 bits per heavy atom. The van der Waals surface area contributed by atoms with E-state index in [1.54, 1.807) is 0 Å². The van der Waals surface area contributed by atoms with Crippen LogP contribution in [0.4, 0.5) is 0 Å². The van der Waals surface area contributed by atoms with Crippen molar-refractivity contribution in [2.45, 2.75) is 26.2 Å². The first-order valence-corrected chi connectivity index (χ1v) is 4.30. The molecule has 0 aromatic rings. The normalized spacial score (nSPS) is 15.4. The van der Waals surface area contributed by atoms with Crippen LogP contribution in [0.2, 0.25) is 0 Å². The maximum atomic E-state index is 11.0. The molecule has 0 aromatic carbocycles. The van der Waals surface area contributed by atoms with Gasteiger partial charge in [-0.3, -0.25) is 4.79 Å². The Morgan fingerprint density at radius 2 is 2.21 bits per heavy atom. The van der Waals surface area contributed by atoms with E-state index in [-0.39, 0.29) is 47.3 Å². The summed E-state index contributed by atoms with van der Waals surface area (Å²) in [5.41, 5.74) is 0.778. The second-order valence-electron chi connectivity index (χ2n) is 3.00. The van der Waals surface area contributed by atoms with Gasteiger partial charge in [-0.1, -0.05) is 19.4 Å². The zero-order chi connectivity index (χ0) is 9.84. The van der Waals surface area contributed by atoms with Crippen LogP contribution in [0.3, 0.4) is 0 Å². The molecule has 0 aliphatic heterocycles. The smallest absolute Gasteiger partial charge is 0.545 e. The zero-order valence-corrected chi connectivity index (χ0v) is 10.5. The fourth-order valence-electron chi connectivity index (χ4n) is 1.36. The molecule has 0 radical (unpaired) electrons. The Kier molecular flexibility index (Phi) is 6.00. The van der Waals surface area contributed by atoms with E-state index in [2.05, 4.69) is 0 Å². The van der Waals surface area contributed by atoms with Crippen LogP contribution in [0.5, 0.6) is 0 Å². The summed E-state index contributed by atoms with van der Waals surface area (Å²) in [6.07, 6.45) is 4.46. The molecule has 0 unspecified atom stereocenters. The minimum atomic E-state index is -1.19. The monoisotopic (exact) mass is 202 g/mol. The van der Waals surface area contributed by atoms with Crippen LogP contribution in [0.15, 0.2) is 23.3 Å². The molecule has 0 saturated heterocycles. The summed E-state index contributed by atoms with van der Waals surface area (Å²) in [4.78, 5) is 21.6. The Labute approximate surface area is 105 Å². The summed E-state index contributed by atoms with van der Waals surface area (Å²) in [7, 11) is 0. The van der Waals surface area contributed by atoms with Crippen molar-refractivity contribution in [3.63, 3.8) is 0 Å². The van der Waals surface area contributed by atoms with E-state index in [0.29, 0.717) is 12.0 Å². The van der Waals surface area contributed by atoms with Gasteiger partial charge >= 0.3 is 29.6 Å². The molecule has 0 atom stereocenters. The maximum Gasteiger partial charge on any atom is 1.00 e. The first kappa shape index (κ1) is 13.6. The number of hydrogen-bond acceptors (Lipinski definition) is 3. The van der Waals surface area contributed by atoms with E-state index >= 15 is 0 Å². The molecule has 1 aliphatic carbocycles. The molecule has 4 heteroatoms. The number of carbonyl (C=O) groups is 2. The number of carbonyl (C=O) groups excluding carboxylic acids is 2. The van der Waals surface area contributed by atoms with Crippen LogP contribution < -0.4 is 34.7 Å². The predicted octanol–water partition coefficient (Wildman–Crippen LogP) is -2.63. The molecule has 70 valence electrons. The molecule has 0 saturated carbocycles. The van der Waals surface area contributed by atoms with Gasteiger partial charge in [0.1, 0.15) is 0 Å². The second-order valence-corrected chi connectivity index (χ2v) is 3.00. The quantitative estimate of drug-likeness (QED) is 0.470. The summed E-state index contributed by atoms with van der Waals surface area (Å²) in [5, 5.41) is 10.6. The molecule has 14 heavy (non-hydrogen) atoms. The van der Waals surface area contributed by atoms with Crippen molar-refractivity contribution in [1.29, 1.82) is 0 Å². The average Bonchev–Trinajstić information content (AvgIpc) is 2.04. The molecule has 0 aromatic heterocycles. The van der Waals surface area contributed by atoms with Crippen molar-refractivity contribution in [3.05, 3.63) is 23.3 Å². The minimum absolute atomic E-state index is 0. The number of aliphatic carboxylic acids is 1. The minimum Gasteiger partial charge on any atom is -0.545 e. The van der Waals surface area contributed by atoms with Crippen LogP contribution in [-0.4, -0.2) is 11.8 Å². The van der Waals surface area contributed by atoms with Crippen LogP contribution in [0.25, 0.3) is 0 Å². The summed E-state index contributed by atoms with van der Waals surface area (Å²) in [5.74, 6) is -1.22. The van der Waals surface area contributed by atoms with Gasteiger partial charge in [0.05, 0.1) is 5.97 Å². The van der Waals surface area contributed by atoms with Crippen molar-refractivity contribution in [1.82, 2.24) is 0 Å². The Morgan fingerprint density at radius 3 is 2.71 bits per heavy atom. The third kappa shape index (κ3) is 3.40. The molecule has 0 heterocycles. The fourth-order valence-corrected chi connectivity index (χ4v) is 1.36. The maximum absolute atomic E-state index is 11.0. The van der Waals surface area contributed by atoms with Crippen molar-refractivity contribution < 1.29 is 44.3 Å². The molecule has 0 fully saturated rings. The van der Waals surface area contributed by atoms with Gasteiger partial charge < -0.3 is 9.90 Å². The standard InChI is InChI=1S/C10H12O3.Na/c1-2-3-7-6-8(11)4-5-9(7)10(12)13;/h5-6H,2-4H2,1H3,(H,12,13);/q;+1/p-1. The SMILES string of the molecule is CCCC1=CC(=O)CC=C1C(=O)[O-].[Na+]. The summed E-state index contributed by atoms with van der Waals surface area (Å²) in [6.45, 7) is 1.94. The third-order valence-corrected chi connectivity index (χ3v) is 1.93. The summed E-state index contributed by atoms with van der Waals surface area (Å²) < 4.78 is 0. The number of allylic oxidation sites excluding steroid dienone is 2. The van der Waals surface area contributed by atoms with E-state index in [4.69, 9.17) is 0 Å². The van der Waals surface area contributed by atoms with Gasteiger partial charge in [-0.15, -0.1) is 0 Å². The van der Waals surface area contributed by atoms with Crippen molar-refractivity contribution >= 4 is 11.8 Å². The van der Waals surface area contributed by atoms with Gasteiger partial charge in [0.25, 0.3) is 0 Å². The van der Waals surface area contributed by atoms with Crippen LogP contribution in [0.1, 0.15) is 26.2 Å². The molecule has 3 nitrogen and oxygen atoms in total. The average molecular weight is 202 g/mol. The molecule has 0 N–H and O–H groups in total. The van der Waals surface area contributed by atoms with Gasteiger partial charge in [-0.25, -0.2) is 0 Å². The number of ketones is 1. The molecule has 0 bridgehead atoms. The Balaban J connectivity index is 0.00000169. The van der Waals surface area contributed by atoms with Crippen molar-refractivity contribution in [3.8, 4) is 0 Å². The molecular weight excluding hydrogens is 191 g/mol. The van der Waals surface area contributed by atoms with E-state index < -0.39 is 5.97 Å². The first-order chi connectivity index (χ1) is 6.15. The third-order valence-electron chi connectivity index (χ3n) is 1.93. The molecule has 1 aliphatic rings. The zero-order valence-electron chi connectivity index (χ0n) is 8.50. The van der Waals surface area contributed by atoms with Crippen LogP contribution in [0, 0.1) is 0 Å². The van der Waals surface area contributed by atoms with E-state index in [1.807, 2.05) is 6.92 Å². The van der Waals surface area contributed by atoms with Crippen molar-refractivity contribution in [2.75, 3.05) is 0 Å². The van der Waals surface area contributed by atoms with E-state index in [9.17, 15) is 14.7 Å². The topological polar surface area (TPSA) is 57.2 Å². The van der Waals surface area contributed by atoms with Gasteiger partial charge in [-0.2, -0.15) is 0 Å². The largest absolute Gasteiger partial charge is 1.00 e. The summed E-state index contributed by atoms with van der Waals surface area (Å²) in [6, 6.07) is 0. The number of carboxylic acid groups (broad SMARTS) is 1. The van der Waals surface area contributed by atoms with Gasteiger partial charge in [0.2, 0.25) is 0 Å². The number of carboxylic acids is 1. The van der Waals surface area contributed by atoms with Gasteiger partial charge in [-0.05, 0) is 23.6 Å². The molecule has 0 spiro atoms. The number of hydrogen-bond donors (Lipinski definition) is 0. The van der Waals surface area contributed by atoms with Gasteiger partial charge in [0, 0.05) is 6.42 Å². The van der Waals surface area contributed by atoms with Gasteiger partial charge in [0.15, 0.2) is 5.78 Å². The molecular formula is C10H11NaO3. The molecule has 1 rings (SSSR count).